The summed E-state index contributed by atoms with van der Waals surface area (Å²) in [5, 5.41) is 2.15. The highest BCUT2D eigenvalue weighted by atomic mass is 32.1. The van der Waals surface area contributed by atoms with E-state index in [2.05, 4.69) is 56.5 Å². The zero-order valence-corrected chi connectivity index (χ0v) is 10.3. The monoisotopic (exact) mass is 216 g/mol. The van der Waals surface area contributed by atoms with Gasteiger partial charge < -0.3 is 0 Å². The van der Waals surface area contributed by atoms with Gasteiger partial charge in [-0.1, -0.05) is 38.1 Å². The molecule has 1 heterocycles. The summed E-state index contributed by atoms with van der Waals surface area (Å²) in [6.45, 7) is 6.62. The smallest absolute Gasteiger partial charge is 0.0371 e. The van der Waals surface area contributed by atoms with E-state index in [1.807, 2.05) is 11.3 Å². The first kappa shape index (κ1) is 10.4. The standard InChI is InChI=1S/C14H16S/c1-10(2)12-4-6-13(7-5-12)14-11(3)8-9-15-14/h4-10H,1-3H3. The molecule has 0 nitrogen and oxygen atoms in total. The molecule has 0 aliphatic rings. The molecule has 0 aliphatic heterocycles. The van der Waals surface area contributed by atoms with Crippen LogP contribution in [0.25, 0.3) is 10.4 Å². The van der Waals surface area contributed by atoms with Gasteiger partial charge in [0.15, 0.2) is 0 Å². The van der Waals surface area contributed by atoms with E-state index in [0.717, 1.165) is 0 Å². The first-order valence-electron chi connectivity index (χ1n) is 5.33. The van der Waals surface area contributed by atoms with Crippen LogP contribution in [0.1, 0.15) is 30.9 Å². The van der Waals surface area contributed by atoms with Gasteiger partial charge in [-0.2, -0.15) is 0 Å². The Morgan fingerprint density at radius 2 is 1.67 bits per heavy atom. The maximum Gasteiger partial charge on any atom is 0.0371 e. The molecule has 0 N–H and O–H groups in total. The molecule has 0 saturated heterocycles. The van der Waals surface area contributed by atoms with Gasteiger partial charge in [0.05, 0.1) is 0 Å². The highest BCUT2D eigenvalue weighted by Gasteiger charge is 2.04. The predicted octanol–water partition coefficient (Wildman–Crippen LogP) is 4.85. The van der Waals surface area contributed by atoms with Crippen molar-refractivity contribution in [2.24, 2.45) is 0 Å². The van der Waals surface area contributed by atoms with Gasteiger partial charge in [0.2, 0.25) is 0 Å². The third-order valence-corrected chi connectivity index (χ3v) is 3.77. The van der Waals surface area contributed by atoms with Crippen molar-refractivity contribution in [1.29, 1.82) is 0 Å². The fourth-order valence-electron chi connectivity index (χ4n) is 1.69. The molecular formula is C14H16S. The second-order valence-corrected chi connectivity index (χ2v) is 5.13. The fraction of sp³-hybridized carbons (Fsp3) is 0.286. The molecule has 0 amide bonds. The normalized spacial score (nSPS) is 10.9. The van der Waals surface area contributed by atoms with Crippen molar-refractivity contribution in [3.63, 3.8) is 0 Å². The minimum Gasteiger partial charge on any atom is -0.144 e. The van der Waals surface area contributed by atoms with Crippen LogP contribution in [-0.4, -0.2) is 0 Å². The van der Waals surface area contributed by atoms with Crippen molar-refractivity contribution >= 4 is 11.3 Å². The average Bonchev–Trinajstić information content (AvgIpc) is 2.65. The van der Waals surface area contributed by atoms with Crippen LogP contribution < -0.4 is 0 Å². The molecule has 0 unspecified atom stereocenters. The zero-order valence-electron chi connectivity index (χ0n) is 9.45. The lowest BCUT2D eigenvalue weighted by atomic mass is 10.0. The Balaban J connectivity index is 2.36. The van der Waals surface area contributed by atoms with E-state index in [-0.39, 0.29) is 0 Å². The highest BCUT2D eigenvalue weighted by Crippen LogP contribution is 2.29. The maximum atomic E-state index is 2.24. The molecule has 78 valence electrons. The highest BCUT2D eigenvalue weighted by molar-refractivity contribution is 7.13. The van der Waals surface area contributed by atoms with Crippen LogP contribution in [0, 0.1) is 6.92 Å². The number of aryl methyl sites for hydroxylation is 1. The first-order chi connectivity index (χ1) is 7.18. The summed E-state index contributed by atoms with van der Waals surface area (Å²) in [5.41, 5.74) is 4.12. The summed E-state index contributed by atoms with van der Waals surface area (Å²) < 4.78 is 0. The minimum atomic E-state index is 0.614. The summed E-state index contributed by atoms with van der Waals surface area (Å²) in [4.78, 5) is 1.39. The van der Waals surface area contributed by atoms with Crippen molar-refractivity contribution in [3.8, 4) is 10.4 Å². The van der Waals surface area contributed by atoms with Gasteiger partial charge in [-0.05, 0) is 41.0 Å². The van der Waals surface area contributed by atoms with Crippen LogP contribution in [-0.2, 0) is 0 Å². The van der Waals surface area contributed by atoms with Crippen molar-refractivity contribution in [1.82, 2.24) is 0 Å². The van der Waals surface area contributed by atoms with Gasteiger partial charge in [-0.15, -0.1) is 11.3 Å². The number of benzene rings is 1. The second-order valence-electron chi connectivity index (χ2n) is 4.21. The molecule has 1 aromatic carbocycles. The lowest BCUT2D eigenvalue weighted by Crippen LogP contribution is -1.86. The lowest BCUT2D eigenvalue weighted by molar-refractivity contribution is 0.867. The number of hydrogen-bond donors (Lipinski definition) is 0. The molecule has 2 rings (SSSR count). The number of thiophene rings is 1. The van der Waals surface area contributed by atoms with E-state index in [1.54, 1.807) is 0 Å². The largest absolute Gasteiger partial charge is 0.144 e. The van der Waals surface area contributed by atoms with Crippen LogP contribution in [0.3, 0.4) is 0 Å². The molecule has 1 heteroatoms. The van der Waals surface area contributed by atoms with Gasteiger partial charge in [0, 0.05) is 4.88 Å². The molecule has 0 radical (unpaired) electrons. The molecule has 0 fully saturated rings. The van der Waals surface area contributed by atoms with Crippen LogP contribution in [0.15, 0.2) is 35.7 Å². The Morgan fingerprint density at radius 1 is 1.00 bits per heavy atom. The SMILES string of the molecule is Cc1ccsc1-c1ccc(C(C)C)cc1. The number of rotatable bonds is 2. The molecular weight excluding hydrogens is 200 g/mol. The van der Waals surface area contributed by atoms with E-state index in [9.17, 15) is 0 Å². The Kier molecular flexibility index (Phi) is 2.92. The summed E-state index contributed by atoms with van der Waals surface area (Å²) in [7, 11) is 0. The molecule has 2 aromatic rings. The molecule has 0 spiro atoms. The van der Waals surface area contributed by atoms with Crippen molar-refractivity contribution in [2.45, 2.75) is 26.7 Å². The van der Waals surface area contributed by atoms with Crippen molar-refractivity contribution in [2.75, 3.05) is 0 Å². The topological polar surface area (TPSA) is 0 Å². The molecule has 0 saturated carbocycles. The van der Waals surface area contributed by atoms with Crippen LogP contribution >= 0.6 is 11.3 Å². The summed E-state index contributed by atoms with van der Waals surface area (Å²) in [6.07, 6.45) is 0. The van der Waals surface area contributed by atoms with E-state index in [4.69, 9.17) is 0 Å². The van der Waals surface area contributed by atoms with Crippen LogP contribution in [0.2, 0.25) is 0 Å². The molecule has 0 aliphatic carbocycles. The Morgan fingerprint density at radius 3 is 2.13 bits per heavy atom. The fourth-order valence-corrected chi connectivity index (χ4v) is 2.62. The van der Waals surface area contributed by atoms with Gasteiger partial charge in [0.25, 0.3) is 0 Å². The Bertz CT molecular complexity index is 435. The molecule has 0 atom stereocenters. The Labute approximate surface area is 95.6 Å². The van der Waals surface area contributed by atoms with E-state index in [0.29, 0.717) is 5.92 Å². The van der Waals surface area contributed by atoms with Gasteiger partial charge in [-0.25, -0.2) is 0 Å². The maximum absolute atomic E-state index is 2.24. The van der Waals surface area contributed by atoms with Crippen LogP contribution in [0.5, 0.6) is 0 Å². The van der Waals surface area contributed by atoms with E-state index >= 15 is 0 Å². The van der Waals surface area contributed by atoms with E-state index in [1.165, 1.54) is 21.6 Å². The number of hydrogen-bond acceptors (Lipinski definition) is 1. The summed E-state index contributed by atoms with van der Waals surface area (Å²) in [6, 6.07) is 11.1. The third kappa shape index (κ3) is 2.13. The lowest BCUT2D eigenvalue weighted by Gasteiger charge is -2.06. The van der Waals surface area contributed by atoms with Crippen molar-refractivity contribution < 1.29 is 0 Å². The van der Waals surface area contributed by atoms with E-state index < -0.39 is 0 Å². The predicted molar refractivity (Wildman–Crippen MR) is 68.6 cm³/mol. The minimum absolute atomic E-state index is 0.614. The van der Waals surface area contributed by atoms with Gasteiger partial charge in [-0.3, -0.25) is 0 Å². The zero-order chi connectivity index (χ0) is 10.8. The molecule has 0 bridgehead atoms. The van der Waals surface area contributed by atoms with Crippen molar-refractivity contribution in [3.05, 3.63) is 46.8 Å². The first-order valence-corrected chi connectivity index (χ1v) is 6.21. The second kappa shape index (κ2) is 4.19. The summed E-state index contributed by atoms with van der Waals surface area (Å²) >= 11 is 1.82. The Hall–Kier alpha value is -1.08. The molecule has 15 heavy (non-hydrogen) atoms. The molecule has 1 aromatic heterocycles. The third-order valence-electron chi connectivity index (χ3n) is 2.70. The quantitative estimate of drug-likeness (QED) is 0.673. The van der Waals surface area contributed by atoms with Gasteiger partial charge >= 0.3 is 0 Å². The van der Waals surface area contributed by atoms with Gasteiger partial charge in [0.1, 0.15) is 0 Å². The van der Waals surface area contributed by atoms with Crippen LogP contribution in [0.4, 0.5) is 0 Å². The summed E-state index contributed by atoms with van der Waals surface area (Å²) in [5.74, 6) is 0.614. The average molecular weight is 216 g/mol.